The van der Waals surface area contributed by atoms with Crippen molar-refractivity contribution in [2.75, 3.05) is 17.2 Å². The van der Waals surface area contributed by atoms with Crippen molar-refractivity contribution in [3.63, 3.8) is 0 Å². The van der Waals surface area contributed by atoms with E-state index in [0.717, 1.165) is 37.2 Å². The maximum absolute atomic E-state index is 11.9. The van der Waals surface area contributed by atoms with Gasteiger partial charge in [0.05, 0.1) is 0 Å². The quantitative estimate of drug-likeness (QED) is 0.700. The molecule has 1 aromatic carbocycles. The predicted octanol–water partition coefficient (Wildman–Crippen LogP) is 1.50. The number of nitrogens with two attached hydrogens (primary N) is 1. The van der Waals surface area contributed by atoms with Gasteiger partial charge in [-0.2, -0.15) is 0 Å². The molecule has 2 amide bonds. The topological polar surface area (TPSA) is 58.4 Å². The SMILES string of the molecule is Nc1ccc2c(c1)CCN2C(=O)NC1CC1. The fourth-order valence-electron chi connectivity index (χ4n) is 2.11. The van der Waals surface area contributed by atoms with E-state index in [0.29, 0.717) is 6.04 Å². The van der Waals surface area contributed by atoms with Crippen LogP contribution in [0.5, 0.6) is 0 Å². The minimum atomic E-state index is 0.0334. The zero-order valence-corrected chi connectivity index (χ0v) is 9.07. The Bertz CT molecular complexity index is 440. The number of benzene rings is 1. The average Bonchev–Trinajstić information content (AvgIpc) is 2.96. The fourth-order valence-corrected chi connectivity index (χ4v) is 2.11. The van der Waals surface area contributed by atoms with E-state index in [2.05, 4.69) is 5.32 Å². The van der Waals surface area contributed by atoms with Crippen molar-refractivity contribution in [1.29, 1.82) is 0 Å². The Hall–Kier alpha value is -1.71. The van der Waals surface area contributed by atoms with E-state index >= 15 is 0 Å². The second-order valence-corrected chi connectivity index (χ2v) is 4.51. The number of carbonyl (C=O) groups is 1. The maximum Gasteiger partial charge on any atom is 0.322 e. The standard InChI is InChI=1S/C12H15N3O/c13-9-1-4-11-8(7-9)5-6-15(11)12(16)14-10-2-3-10/h1,4,7,10H,2-3,5-6,13H2,(H,14,16). The largest absolute Gasteiger partial charge is 0.399 e. The summed E-state index contributed by atoms with van der Waals surface area (Å²) in [5.74, 6) is 0. The van der Waals surface area contributed by atoms with Gasteiger partial charge < -0.3 is 11.1 Å². The van der Waals surface area contributed by atoms with Gasteiger partial charge in [0.2, 0.25) is 0 Å². The van der Waals surface area contributed by atoms with Gasteiger partial charge in [0, 0.05) is 24.0 Å². The summed E-state index contributed by atoms with van der Waals surface area (Å²) in [5.41, 5.74) is 8.67. The number of rotatable bonds is 1. The highest BCUT2D eigenvalue weighted by Crippen LogP contribution is 2.30. The van der Waals surface area contributed by atoms with Gasteiger partial charge in [0.25, 0.3) is 0 Å². The smallest absolute Gasteiger partial charge is 0.322 e. The lowest BCUT2D eigenvalue weighted by Gasteiger charge is -2.17. The van der Waals surface area contributed by atoms with E-state index in [4.69, 9.17) is 5.73 Å². The van der Waals surface area contributed by atoms with Gasteiger partial charge in [0.1, 0.15) is 0 Å². The molecule has 3 N–H and O–H groups in total. The molecule has 1 fully saturated rings. The fraction of sp³-hybridized carbons (Fsp3) is 0.417. The van der Waals surface area contributed by atoms with Crippen molar-refractivity contribution in [2.45, 2.75) is 25.3 Å². The molecule has 4 nitrogen and oxygen atoms in total. The monoisotopic (exact) mass is 217 g/mol. The summed E-state index contributed by atoms with van der Waals surface area (Å²) in [6.07, 6.45) is 3.14. The highest BCUT2D eigenvalue weighted by molar-refractivity contribution is 5.94. The molecule has 2 aliphatic rings. The minimum Gasteiger partial charge on any atom is -0.399 e. The molecule has 1 aliphatic heterocycles. The van der Waals surface area contributed by atoms with Crippen molar-refractivity contribution >= 4 is 17.4 Å². The number of anilines is 2. The average molecular weight is 217 g/mol. The predicted molar refractivity (Wildman–Crippen MR) is 63.5 cm³/mol. The zero-order valence-electron chi connectivity index (χ0n) is 9.07. The van der Waals surface area contributed by atoms with E-state index < -0.39 is 0 Å². The first-order chi connectivity index (χ1) is 7.74. The number of fused-ring (bicyclic) bond motifs is 1. The molecule has 0 saturated heterocycles. The maximum atomic E-state index is 11.9. The molecule has 1 saturated carbocycles. The van der Waals surface area contributed by atoms with Crippen LogP contribution in [0.25, 0.3) is 0 Å². The Kier molecular flexibility index (Phi) is 2.02. The third kappa shape index (κ3) is 1.60. The summed E-state index contributed by atoms with van der Waals surface area (Å²) >= 11 is 0. The molecule has 1 heterocycles. The van der Waals surface area contributed by atoms with Gasteiger partial charge in [-0.05, 0) is 43.0 Å². The van der Waals surface area contributed by atoms with Crippen LogP contribution in [-0.2, 0) is 6.42 Å². The van der Waals surface area contributed by atoms with Crippen molar-refractivity contribution in [1.82, 2.24) is 5.32 Å². The molecule has 0 aromatic heterocycles. The number of nitrogens with zero attached hydrogens (tertiary/aromatic N) is 1. The highest BCUT2D eigenvalue weighted by Gasteiger charge is 2.29. The van der Waals surface area contributed by atoms with Crippen LogP contribution < -0.4 is 16.0 Å². The molecule has 0 unspecified atom stereocenters. The third-order valence-electron chi connectivity index (χ3n) is 3.15. The van der Waals surface area contributed by atoms with E-state index in [-0.39, 0.29) is 6.03 Å². The summed E-state index contributed by atoms with van der Waals surface area (Å²) in [6, 6.07) is 6.18. The number of amides is 2. The molecule has 0 atom stereocenters. The van der Waals surface area contributed by atoms with Gasteiger partial charge in [-0.15, -0.1) is 0 Å². The van der Waals surface area contributed by atoms with Gasteiger partial charge >= 0.3 is 6.03 Å². The van der Waals surface area contributed by atoms with Crippen LogP contribution in [0.4, 0.5) is 16.2 Å². The Morgan fingerprint density at radius 3 is 3.00 bits per heavy atom. The molecule has 0 spiro atoms. The summed E-state index contributed by atoms with van der Waals surface area (Å²) in [4.78, 5) is 13.7. The second-order valence-electron chi connectivity index (χ2n) is 4.51. The Balaban J connectivity index is 1.81. The molecule has 4 heteroatoms. The summed E-state index contributed by atoms with van der Waals surface area (Å²) in [6.45, 7) is 0.761. The van der Waals surface area contributed by atoms with Crippen LogP contribution in [-0.4, -0.2) is 18.6 Å². The number of nitrogens with one attached hydrogen (secondary N) is 1. The molecule has 3 rings (SSSR count). The summed E-state index contributed by atoms with van der Waals surface area (Å²) in [7, 11) is 0. The van der Waals surface area contributed by atoms with Crippen LogP contribution in [0, 0.1) is 0 Å². The number of hydrogen-bond acceptors (Lipinski definition) is 2. The summed E-state index contributed by atoms with van der Waals surface area (Å²) < 4.78 is 0. The lowest BCUT2D eigenvalue weighted by Crippen LogP contribution is -2.40. The van der Waals surface area contributed by atoms with Gasteiger partial charge in [-0.1, -0.05) is 0 Å². The minimum absolute atomic E-state index is 0.0334. The first-order valence-electron chi connectivity index (χ1n) is 5.70. The first kappa shape index (κ1) is 9.51. The van der Waals surface area contributed by atoms with Crippen molar-refractivity contribution < 1.29 is 4.79 Å². The lowest BCUT2D eigenvalue weighted by atomic mass is 10.1. The van der Waals surface area contributed by atoms with Crippen LogP contribution in [0.1, 0.15) is 18.4 Å². The molecular formula is C12H15N3O. The first-order valence-corrected chi connectivity index (χ1v) is 5.70. The van der Waals surface area contributed by atoms with Crippen molar-refractivity contribution in [2.24, 2.45) is 0 Å². The van der Waals surface area contributed by atoms with E-state index in [1.807, 2.05) is 23.1 Å². The van der Waals surface area contributed by atoms with Gasteiger partial charge in [-0.3, -0.25) is 4.90 Å². The Morgan fingerprint density at radius 1 is 1.44 bits per heavy atom. The lowest BCUT2D eigenvalue weighted by molar-refractivity contribution is 0.246. The zero-order chi connectivity index (χ0) is 11.1. The molecule has 1 aromatic rings. The van der Waals surface area contributed by atoms with Crippen molar-refractivity contribution in [3.8, 4) is 0 Å². The van der Waals surface area contributed by atoms with Crippen LogP contribution in [0.2, 0.25) is 0 Å². The second kappa shape index (κ2) is 3.40. The Labute approximate surface area is 94.4 Å². The van der Waals surface area contributed by atoms with Gasteiger partial charge in [0.15, 0.2) is 0 Å². The Morgan fingerprint density at radius 2 is 2.25 bits per heavy atom. The van der Waals surface area contributed by atoms with Crippen LogP contribution in [0.15, 0.2) is 18.2 Å². The normalized spacial score (nSPS) is 18.4. The molecule has 0 radical (unpaired) electrons. The molecule has 16 heavy (non-hydrogen) atoms. The molecule has 1 aliphatic carbocycles. The summed E-state index contributed by atoms with van der Waals surface area (Å²) in [5, 5.41) is 3.01. The van der Waals surface area contributed by atoms with Crippen LogP contribution >= 0.6 is 0 Å². The van der Waals surface area contributed by atoms with Crippen LogP contribution in [0.3, 0.4) is 0 Å². The molecule has 0 bridgehead atoms. The number of hydrogen-bond donors (Lipinski definition) is 2. The van der Waals surface area contributed by atoms with E-state index in [9.17, 15) is 4.79 Å². The van der Waals surface area contributed by atoms with E-state index in [1.165, 1.54) is 5.56 Å². The van der Waals surface area contributed by atoms with Gasteiger partial charge in [-0.25, -0.2) is 4.79 Å². The number of urea groups is 1. The highest BCUT2D eigenvalue weighted by atomic mass is 16.2. The molecule has 84 valence electrons. The number of carbonyl (C=O) groups excluding carboxylic acids is 1. The molecular weight excluding hydrogens is 202 g/mol. The number of nitrogen functional groups attached to an aromatic ring is 1. The van der Waals surface area contributed by atoms with Crippen molar-refractivity contribution in [3.05, 3.63) is 23.8 Å². The third-order valence-corrected chi connectivity index (χ3v) is 3.15. The van der Waals surface area contributed by atoms with E-state index in [1.54, 1.807) is 0 Å².